The summed E-state index contributed by atoms with van der Waals surface area (Å²) in [7, 11) is 0. The molecule has 1 aromatic heterocycles. The fourth-order valence-corrected chi connectivity index (χ4v) is 6.97. The minimum Gasteiger partial charge on any atom is -0.458 e. The molecule has 0 N–H and O–H groups in total. The number of pyridine rings is 1. The standard InChI is InChI=1S/C23H30O4.C5H5N/c1-14(24)27-13-21(26)20-7-6-18-17-5-4-15-12-16(25)8-10-22(15,2)19(17)9-11-23(18,20)3;1-2-4-6-5-3-1/h9,12,17-18,20H,4-8,10-11,13H2,1-3H3;1-5H. The molecular weight excluding hydrogens is 414 g/mol. The van der Waals surface area contributed by atoms with E-state index in [4.69, 9.17) is 4.74 Å². The molecule has 0 bridgehead atoms. The first kappa shape index (κ1) is 23.6. The molecule has 0 radical (unpaired) electrons. The van der Waals surface area contributed by atoms with Crippen molar-refractivity contribution in [1.29, 1.82) is 0 Å². The molecule has 0 amide bonds. The predicted molar refractivity (Wildman–Crippen MR) is 126 cm³/mol. The zero-order chi connectivity index (χ0) is 23.6. The van der Waals surface area contributed by atoms with E-state index in [-0.39, 0.29) is 40.9 Å². The maximum Gasteiger partial charge on any atom is 0.303 e. The van der Waals surface area contributed by atoms with Crippen LogP contribution >= 0.6 is 0 Å². The van der Waals surface area contributed by atoms with Crippen LogP contribution in [0.15, 0.2) is 53.9 Å². The molecule has 1 heterocycles. The number of hydrogen-bond acceptors (Lipinski definition) is 5. The molecule has 5 heteroatoms. The number of ketones is 2. The minimum absolute atomic E-state index is 0.0164. The second-order valence-corrected chi connectivity index (χ2v) is 10.5. The van der Waals surface area contributed by atoms with Crippen molar-refractivity contribution < 1.29 is 19.1 Å². The van der Waals surface area contributed by atoms with Crippen LogP contribution in [0.1, 0.15) is 65.7 Å². The Hall–Kier alpha value is -2.56. The predicted octanol–water partition coefficient (Wildman–Crippen LogP) is 5.27. The average Bonchev–Trinajstić information content (AvgIpc) is 3.17. The lowest BCUT2D eigenvalue weighted by Crippen LogP contribution is -2.45. The average molecular weight is 450 g/mol. The van der Waals surface area contributed by atoms with Crippen molar-refractivity contribution in [2.75, 3.05) is 6.61 Å². The molecule has 0 aliphatic heterocycles. The van der Waals surface area contributed by atoms with Gasteiger partial charge in [-0.3, -0.25) is 19.4 Å². The summed E-state index contributed by atoms with van der Waals surface area (Å²) in [4.78, 5) is 39.5. The van der Waals surface area contributed by atoms with Crippen LogP contribution in [0.5, 0.6) is 0 Å². The molecular formula is C28H35NO4. The number of nitrogens with zero attached hydrogens (tertiary/aromatic N) is 1. The summed E-state index contributed by atoms with van der Waals surface area (Å²) >= 11 is 0. The Labute approximate surface area is 196 Å². The van der Waals surface area contributed by atoms with Gasteiger partial charge in [-0.15, -0.1) is 0 Å². The molecule has 0 saturated heterocycles. The van der Waals surface area contributed by atoms with Gasteiger partial charge in [0.25, 0.3) is 0 Å². The van der Waals surface area contributed by atoms with E-state index in [0.29, 0.717) is 18.3 Å². The van der Waals surface area contributed by atoms with E-state index < -0.39 is 0 Å². The molecule has 2 saturated carbocycles. The van der Waals surface area contributed by atoms with Gasteiger partial charge in [-0.2, -0.15) is 0 Å². The van der Waals surface area contributed by atoms with Gasteiger partial charge in [0.15, 0.2) is 11.6 Å². The monoisotopic (exact) mass is 449 g/mol. The van der Waals surface area contributed by atoms with Crippen molar-refractivity contribution in [1.82, 2.24) is 4.98 Å². The lowest BCUT2D eigenvalue weighted by Gasteiger charge is -2.53. The smallest absolute Gasteiger partial charge is 0.303 e. The highest BCUT2D eigenvalue weighted by atomic mass is 16.5. The molecule has 5 atom stereocenters. The first-order valence-electron chi connectivity index (χ1n) is 12.2. The van der Waals surface area contributed by atoms with Gasteiger partial charge in [-0.05, 0) is 74.0 Å². The summed E-state index contributed by atoms with van der Waals surface area (Å²) in [6.07, 6.45) is 14.4. The number of esters is 1. The van der Waals surface area contributed by atoms with Gasteiger partial charge in [-0.1, -0.05) is 37.1 Å². The number of carbonyl (C=O) groups is 3. The molecule has 176 valence electrons. The molecule has 0 spiro atoms. The van der Waals surface area contributed by atoms with E-state index >= 15 is 0 Å². The Kier molecular flexibility index (Phi) is 6.69. The van der Waals surface area contributed by atoms with Crippen LogP contribution in [0, 0.1) is 28.6 Å². The van der Waals surface area contributed by atoms with Crippen LogP contribution < -0.4 is 0 Å². The fraction of sp³-hybridized carbons (Fsp3) is 0.571. The number of Topliss-reactive ketones (excluding diaryl/α,β-unsaturated/α-hetero) is 1. The van der Waals surface area contributed by atoms with Crippen molar-refractivity contribution in [2.24, 2.45) is 28.6 Å². The Morgan fingerprint density at radius 3 is 2.48 bits per heavy atom. The molecule has 5 unspecified atom stereocenters. The fourth-order valence-electron chi connectivity index (χ4n) is 6.97. The number of allylic oxidation sites excluding steroid dienone is 4. The van der Waals surface area contributed by atoms with E-state index in [1.54, 1.807) is 12.4 Å². The second-order valence-electron chi connectivity index (χ2n) is 10.5. The number of aromatic nitrogens is 1. The second kappa shape index (κ2) is 9.36. The first-order chi connectivity index (χ1) is 15.8. The minimum atomic E-state index is -0.389. The number of rotatable bonds is 3. The van der Waals surface area contributed by atoms with Crippen LogP contribution in [0.3, 0.4) is 0 Å². The van der Waals surface area contributed by atoms with E-state index in [0.717, 1.165) is 38.5 Å². The van der Waals surface area contributed by atoms with Gasteiger partial charge >= 0.3 is 5.97 Å². The third kappa shape index (κ3) is 4.47. The van der Waals surface area contributed by atoms with Crippen molar-refractivity contribution in [3.63, 3.8) is 0 Å². The molecule has 5 rings (SSSR count). The van der Waals surface area contributed by atoms with Crippen LogP contribution in [-0.4, -0.2) is 29.1 Å². The van der Waals surface area contributed by atoms with Crippen molar-refractivity contribution in [3.05, 3.63) is 53.9 Å². The maximum absolute atomic E-state index is 12.8. The van der Waals surface area contributed by atoms with E-state index in [1.165, 1.54) is 18.1 Å². The summed E-state index contributed by atoms with van der Waals surface area (Å²) in [6.45, 7) is 5.86. The first-order valence-corrected chi connectivity index (χ1v) is 12.2. The Bertz CT molecular complexity index is 954. The zero-order valence-corrected chi connectivity index (χ0v) is 20.0. The SMILES string of the molecule is CC(=O)OCC(=O)C1CCC2C3CCC4=CC(=O)CCC4(C)C3=CCC12C.c1ccncc1. The number of fused-ring (bicyclic) bond motifs is 5. The molecule has 0 aromatic carbocycles. The summed E-state index contributed by atoms with van der Waals surface area (Å²) in [5.74, 6) is 0.986. The van der Waals surface area contributed by atoms with Gasteiger partial charge in [0.05, 0.1) is 0 Å². The summed E-state index contributed by atoms with van der Waals surface area (Å²) < 4.78 is 5.00. The number of carbonyl (C=O) groups excluding carboxylic acids is 3. The highest BCUT2D eigenvalue weighted by molar-refractivity contribution is 5.92. The topological polar surface area (TPSA) is 73.3 Å². The lowest BCUT2D eigenvalue weighted by atomic mass is 9.51. The summed E-state index contributed by atoms with van der Waals surface area (Å²) in [6, 6.07) is 5.72. The zero-order valence-electron chi connectivity index (χ0n) is 20.0. The quantitative estimate of drug-likeness (QED) is 0.464. The maximum atomic E-state index is 12.8. The van der Waals surface area contributed by atoms with Crippen LogP contribution in [0.2, 0.25) is 0 Å². The van der Waals surface area contributed by atoms with Crippen molar-refractivity contribution in [2.45, 2.75) is 65.7 Å². The molecule has 4 aliphatic rings. The van der Waals surface area contributed by atoms with Gasteiger partial charge in [0, 0.05) is 37.1 Å². The Balaban J connectivity index is 0.000000376. The van der Waals surface area contributed by atoms with Crippen LogP contribution in [0.4, 0.5) is 0 Å². The van der Waals surface area contributed by atoms with Crippen molar-refractivity contribution >= 4 is 17.5 Å². The Morgan fingerprint density at radius 2 is 1.85 bits per heavy atom. The molecule has 5 nitrogen and oxygen atoms in total. The summed E-state index contributed by atoms with van der Waals surface area (Å²) in [5.41, 5.74) is 2.86. The van der Waals surface area contributed by atoms with Gasteiger partial charge in [-0.25, -0.2) is 0 Å². The third-order valence-corrected chi connectivity index (χ3v) is 8.71. The number of ether oxygens (including phenoxy) is 1. The largest absolute Gasteiger partial charge is 0.458 e. The molecule has 1 aromatic rings. The third-order valence-electron chi connectivity index (χ3n) is 8.71. The Morgan fingerprint density at radius 1 is 1.09 bits per heavy atom. The molecule has 4 aliphatic carbocycles. The normalized spacial score (nSPS) is 34.4. The highest BCUT2D eigenvalue weighted by Crippen LogP contribution is 2.64. The van der Waals surface area contributed by atoms with Crippen LogP contribution in [-0.2, 0) is 19.1 Å². The molecule has 33 heavy (non-hydrogen) atoms. The van der Waals surface area contributed by atoms with Gasteiger partial charge in [0.1, 0.15) is 6.61 Å². The number of hydrogen-bond donors (Lipinski definition) is 0. The molecule has 2 fully saturated rings. The van der Waals surface area contributed by atoms with Crippen molar-refractivity contribution in [3.8, 4) is 0 Å². The van der Waals surface area contributed by atoms with Gasteiger partial charge < -0.3 is 4.74 Å². The summed E-state index contributed by atoms with van der Waals surface area (Å²) in [5, 5.41) is 0. The highest BCUT2D eigenvalue weighted by Gasteiger charge is 2.57. The van der Waals surface area contributed by atoms with E-state index in [1.807, 2.05) is 24.3 Å². The van der Waals surface area contributed by atoms with Crippen LogP contribution in [0.25, 0.3) is 0 Å². The van der Waals surface area contributed by atoms with E-state index in [9.17, 15) is 14.4 Å². The lowest BCUT2D eigenvalue weighted by molar-refractivity contribution is -0.148. The van der Waals surface area contributed by atoms with Gasteiger partial charge in [0.2, 0.25) is 0 Å². The van der Waals surface area contributed by atoms with E-state index in [2.05, 4.69) is 24.9 Å².